The molecule has 0 radical (unpaired) electrons. The fourth-order valence-corrected chi connectivity index (χ4v) is 2.95. The van der Waals surface area contributed by atoms with Crippen LogP contribution >= 0.6 is 11.6 Å². The third-order valence-electron chi connectivity index (χ3n) is 2.60. The number of methoxy groups -OCH3 is 1. The minimum atomic E-state index is -4.93. The third kappa shape index (κ3) is 4.65. The maximum absolute atomic E-state index is 12.3. The number of aromatic nitrogens is 1. The van der Waals surface area contributed by atoms with E-state index in [4.69, 9.17) is 16.3 Å². The van der Waals surface area contributed by atoms with Gasteiger partial charge in [0.25, 0.3) is 10.0 Å². The number of anilines is 1. The quantitative estimate of drug-likeness (QED) is 0.857. The van der Waals surface area contributed by atoms with Gasteiger partial charge in [-0.15, -0.1) is 13.2 Å². The predicted octanol–water partition coefficient (Wildman–Crippen LogP) is 3.44. The molecule has 0 amide bonds. The Kier molecular flexibility index (Phi) is 5.09. The first-order valence-electron chi connectivity index (χ1n) is 6.19. The van der Waals surface area contributed by atoms with E-state index in [1.54, 1.807) is 0 Å². The standard InChI is InChI=1S/C13H10ClF3N2O4S/c1-22-12-11(5-8(14)7-18-12)19-24(20,21)10-4-2-3-9(6-10)23-13(15,16)17/h2-7,19H,1H3. The van der Waals surface area contributed by atoms with E-state index < -0.39 is 27.0 Å². The number of sulfonamides is 1. The maximum atomic E-state index is 12.3. The SMILES string of the molecule is COc1ncc(Cl)cc1NS(=O)(=O)c1cccc(OC(F)(F)F)c1. The van der Waals surface area contributed by atoms with E-state index in [-0.39, 0.29) is 16.6 Å². The van der Waals surface area contributed by atoms with Crippen LogP contribution < -0.4 is 14.2 Å². The number of nitrogens with zero attached hydrogens (tertiary/aromatic N) is 1. The predicted molar refractivity (Wildman–Crippen MR) is 79.7 cm³/mol. The molecule has 1 heterocycles. The minimum Gasteiger partial charge on any atom is -0.479 e. The molecule has 1 aromatic carbocycles. The van der Waals surface area contributed by atoms with Crippen molar-refractivity contribution in [1.29, 1.82) is 0 Å². The average Bonchev–Trinajstić information content (AvgIpc) is 2.45. The molecular weight excluding hydrogens is 373 g/mol. The second-order valence-electron chi connectivity index (χ2n) is 4.34. The van der Waals surface area contributed by atoms with Crippen molar-refractivity contribution in [3.05, 3.63) is 41.6 Å². The van der Waals surface area contributed by atoms with Crippen LogP contribution in [0.5, 0.6) is 11.6 Å². The summed E-state index contributed by atoms with van der Waals surface area (Å²) in [5.41, 5.74) is -0.0628. The first kappa shape index (κ1) is 18.1. The van der Waals surface area contributed by atoms with E-state index in [1.165, 1.54) is 19.4 Å². The van der Waals surface area contributed by atoms with Gasteiger partial charge in [-0.25, -0.2) is 13.4 Å². The monoisotopic (exact) mass is 382 g/mol. The van der Waals surface area contributed by atoms with E-state index in [0.717, 1.165) is 24.3 Å². The van der Waals surface area contributed by atoms with Gasteiger partial charge in [0.2, 0.25) is 5.88 Å². The Balaban J connectivity index is 2.35. The van der Waals surface area contributed by atoms with Crippen molar-refractivity contribution in [2.24, 2.45) is 0 Å². The number of rotatable bonds is 5. The fraction of sp³-hybridized carbons (Fsp3) is 0.154. The molecule has 2 rings (SSSR count). The summed E-state index contributed by atoms with van der Waals surface area (Å²) in [6.45, 7) is 0. The van der Waals surface area contributed by atoms with Crippen molar-refractivity contribution in [1.82, 2.24) is 4.98 Å². The lowest BCUT2D eigenvalue weighted by Crippen LogP contribution is -2.18. The lowest BCUT2D eigenvalue weighted by molar-refractivity contribution is -0.274. The smallest absolute Gasteiger partial charge is 0.479 e. The van der Waals surface area contributed by atoms with Crippen LogP contribution in [0.4, 0.5) is 18.9 Å². The number of halogens is 4. The molecule has 0 fully saturated rings. The molecule has 24 heavy (non-hydrogen) atoms. The first-order chi connectivity index (χ1) is 11.1. The Hall–Kier alpha value is -2.20. The molecule has 0 atom stereocenters. The molecule has 0 saturated carbocycles. The van der Waals surface area contributed by atoms with Gasteiger partial charge < -0.3 is 9.47 Å². The van der Waals surface area contributed by atoms with Crippen molar-refractivity contribution in [3.63, 3.8) is 0 Å². The zero-order valence-electron chi connectivity index (χ0n) is 12.0. The lowest BCUT2D eigenvalue weighted by Gasteiger charge is -2.13. The lowest BCUT2D eigenvalue weighted by atomic mass is 10.3. The van der Waals surface area contributed by atoms with Crippen LogP contribution in [0.3, 0.4) is 0 Å². The molecule has 11 heteroatoms. The van der Waals surface area contributed by atoms with Gasteiger partial charge >= 0.3 is 6.36 Å². The zero-order chi connectivity index (χ0) is 18.0. The highest BCUT2D eigenvalue weighted by Crippen LogP contribution is 2.29. The number of hydrogen-bond acceptors (Lipinski definition) is 5. The van der Waals surface area contributed by atoms with Gasteiger partial charge in [-0.1, -0.05) is 17.7 Å². The number of ether oxygens (including phenoxy) is 2. The Labute approximate surface area is 140 Å². The molecule has 1 aromatic heterocycles. The van der Waals surface area contributed by atoms with Crippen LogP contribution in [0.2, 0.25) is 5.02 Å². The summed E-state index contributed by atoms with van der Waals surface area (Å²) in [5.74, 6) is -0.716. The molecule has 2 aromatic rings. The van der Waals surface area contributed by atoms with E-state index >= 15 is 0 Å². The second-order valence-corrected chi connectivity index (χ2v) is 6.46. The largest absolute Gasteiger partial charge is 0.573 e. The third-order valence-corrected chi connectivity index (χ3v) is 4.17. The Morgan fingerprint density at radius 1 is 1.25 bits per heavy atom. The summed E-state index contributed by atoms with van der Waals surface area (Å²) in [4.78, 5) is 3.35. The fourth-order valence-electron chi connectivity index (χ4n) is 1.70. The van der Waals surface area contributed by atoms with Gasteiger partial charge in [0.1, 0.15) is 11.4 Å². The van der Waals surface area contributed by atoms with Gasteiger partial charge in [0.05, 0.1) is 17.0 Å². The average molecular weight is 383 g/mol. The highest BCUT2D eigenvalue weighted by atomic mass is 35.5. The topological polar surface area (TPSA) is 77.5 Å². The summed E-state index contributed by atoms with van der Waals surface area (Å²) in [7, 11) is -2.95. The normalized spacial score (nSPS) is 11.9. The van der Waals surface area contributed by atoms with Crippen molar-refractivity contribution in [2.45, 2.75) is 11.3 Å². The van der Waals surface area contributed by atoms with Crippen LogP contribution in [0.15, 0.2) is 41.4 Å². The minimum absolute atomic E-state index is 0.0503. The Bertz CT molecular complexity index is 843. The maximum Gasteiger partial charge on any atom is 0.573 e. The summed E-state index contributed by atoms with van der Waals surface area (Å²) in [6, 6.07) is 5.19. The number of hydrogen-bond donors (Lipinski definition) is 1. The zero-order valence-corrected chi connectivity index (χ0v) is 13.5. The molecule has 0 aliphatic heterocycles. The molecule has 1 N–H and O–H groups in total. The van der Waals surface area contributed by atoms with Gasteiger partial charge in [0.15, 0.2) is 0 Å². The molecule has 0 unspecified atom stereocenters. The van der Waals surface area contributed by atoms with Crippen LogP contribution in [0.25, 0.3) is 0 Å². The van der Waals surface area contributed by atoms with Crippen molar-refractivity contribution in [3.8, 4) is 11.6 Å². The van der Waals surface area contributed by atoms with Crippen molar-refractivity contribution < 1.29 is 31.1 Å². The molecule has 0 bridgehead atoms. The Morgan fingerprint density at radius 2 is 1.96 bits per heavy atom. The summed E-state index contributed by atoms with van der Waals surface area (Å²) in [5, 5.41) is 0.141. The molecule has 130 valence electrons. The van der Waals surface area contributed by atoms with Crippen molar-refractivity contribution >= 4 is 27.3 Å². The van der Waals surface area contributed by atoms with Gasteiger partial charge in [-0.2, -0.15) is 0 Å². The number of nitrogens with one attached hydrogen (secondary N) is 1. The molecule has 6 nitrogen and oxygen atoms in total. The first-order valence-corrected chi connectivity index (χ1v) is 8.05. The van der Waals surface area contributed by atoms with E-state index in [9.17, 15) is 21.6 Å². The number of alkyl halides is 3. The van der Waals surface area contributed by atoms with Crippen LogP contribution in [0.1, 0.15) is 0 Å². The molecule has 0 saturated heterocycles. The van der Waals surface area contributed by atoms with Crippen LogP contribution in [0, 0.1) is 0 Å². The van der Waals surface area contributed by atoms with Gasteiger partial charge in [0, 0.05) is 12.3 Å². The molecule has 0 aliphatic rings. The molecule has 0 spiro atoms. The molecule has 0 aliphatic carbocycles. The Morgan fingerprint density at radius 3 is 2.58 bits per heavy atom. The van der Waals surface area contributed by atoms with Crippen LogP contribution in [-0.2, 0) is 10.0 Å². The number of pyridine rings is 1. The van der Waals surface area contributed by atoms with Crippen molar-refractivity contribution in [2.75, 3.05) is 11.8 Å². The molecular formula is C13H10ClF3N2O4S. The van der Waals surface area contributed by atoms with Gasteiger partial charge in [-0.05, 0) is 18.2 Å². The summed E-state index contributed by atoms with van der Waals surface area (Å²) < 4.78 is 72.1. The second kappa shape index (κ2) is 6.73. The van der Waals surface area contributed by atoms with E-state index in [1.807, 2.05) is 0 Å². The van der Waals surface area contributed by atoms with E-state index in [2.05, 4.69) is 14.4 Å². The van der Waals surface area contributed by atoms with Crippen LogP contribution in [-0.4, -0.2) is 26.9 Å². The van der Waals surface area contributed by atoms with Gasteiger partial charge in [-0.3, -0.25) is 4.72 Å². The summed E-state index contributed by atoms with van der Waals surface area (Å²) >= 11 is 5.75. The highest BCUT2D eigenvalue weighted by Gasteiger charge is 2.31. The van der Waals surface area contributed by atoms with E-state index in [0.29, 0.717) is 0 Å². The summed E-state index contributed by atoms with van der Waals surface area (Å²) in [6.07, 6.45) is -3.69. The highest BCUT2D eigenvalue weighted by molar-refractivity contribution is 7.92. The number of benzene rings is 1.